The number of carbonyl (C=O) groups is 2. The number of hydrogen-bond acceptors (Lipinski definition) is 13. The van der Waals surface area contributed by atoms with Gasteiger partial charge in [-0.1, -0.05) is 30.3 Å². The van der Waals surface area contributed by atoms with Gasteiger partial charge in [0.15, 0.2) is 11.6 Å². The number of anilines is 3. The molecule has 18 nitrogen and oxygen atoms in total. The van der Waals surface area contributed by atoms with Crippen molar-refractivity contribution in [3.63, 3.8) is 0 Å². The molecule has 0 amide bonds. The molecule has 264 valence electrons. The molecule has 5 aromatic rings. The van der Waals surface area contributed by atoms with Crippen LogP contribution in [0.15, 0.2) is 97.5 Å². The van der Waals surface area contributed by atoms with Crippen molar-refractivity contribution in [1.82, 2.24) is 15.0 Å². The summed E-state index contributed by atoms with van der Waals surface area (Å²) in [6, 6.07) is 14.5. The SMILES string of the molecule is Nc1c(S(=O)(=O)O)cc(Nc2ccc(S(=O)(=O)O)c(N=c3[nH]c(Cl)nc(=Nc4cccc(S(=O)(=O)O)c4)[nH]3)c2)c2c1C(=O)c1ccccc1C2=O.[Li].[Na]. The van der Waals surface area contributed by atoms with Gasteiger partial charge in [0, 0.05) is 65.2 Å². The molecule has 6 rings (SSSR count). The number of nitrogens with two attached hydrogens (primary N) is 1. The molecule has 1 aromatic heterocycles. The molecule has 0 bridgehead atoms. The largest absolute Gasteiger partial charge is 0.397 e. The van der Waals surface area contributed by atoms with Gasteiger partial charge in [0.1, 0.15) is 9.79 Å². The van der Waals surface area contributed by atoms with Gasteiger partial charge in [0.25, 0.3) is 30.4 Å². The number of nitrogen functional groups attached to an aromatic ring is 1. The van der Waals surface area contributed by atoms with Crippen molar-refractivity contribution in [3.05, 3.63) is 112 Å². The minimum absolute atomic E-state index is 0. The molecular weight excluding hydrogens is 784 g/mol. The van der Waals surface area contributed by atoms with Gasteiger partial charge in [-0.2, -0.15) is 30.2 Å². The monoisotopic (exact) mass is 803 g/mol. The second-order valence-electron chi connectivity index (χ2n) is 10.6. The van der Waals surface area contributed by atoms with Crippen molar-refractivity contribution in [3.8, 4) is 0 Å². The average Bonchev–Trinajstić information content (AvgIpc) is 3.02. The predicted molar refractivity (Wildman–Crippen MR) is 190 cm³/mol. The first-order valence-electron chi connectivity index (χ1n) is 13.9. The Morgan fingerprint density at radius 3 is 1.96 bits per heavy atom. The number of rotatable bonds is 7. The molecule has 8 N–H and O–H groups in total. The summed E-state index contributed by atoms with van der Waals surface area (Å²) in [5.41, 5.74) is 3.01. The molecule has 1 heterocycles. The standard InChI is InChI=1S/C29H20ClN7O11S3.Li.Na/c30-27-35-28(33-13-4-3-5-15(10-13)49(40,41)42)37-29(36-27)34-18-11-14(8-9-20(18)50(43,44)45)32-19-12-21(51(46,47)48)24(31)23-22(19)25(38)16-6-1-2-7-17(16)26(23)39;;/h1-12,32H,31H2,(H,40,41,42)(H,43,44,45)(H,46,47,48)(H2,33,34,35,36,37);;. The van der Waals surface area contributed by atoms with E-state index >= 15 is 0 Å². The van der Waals surface area contributed by atoms with Gasteiger partial charge < -0.3 is 16.0 Å². The van der Waals surface area contributed by atoms with E-state index in [1.165, 1.54) is 36.4 Å². The summed E-state index contributed by atoms with van der Waals surface area (Å²) in [5, 5.41) is 2.41. The van der Waals surface area contributed by atoms with Crippen molar-refractivity contribution in [1.29, 1.82) is 0 Å². The minimum atomic E-state index is -5.05. The maximum Gasteiger partial charge on any atom is 0.296 e. The van der Waals surface area contributed by atoms with Crippen molar-refractivity contribution in [2.45, 2.75) is 14.7 Å². The van der Waals surface area contributed by atoms with Crippen molar-refractivity contribution in [2.75, 3.05) is 11.1 Å². The number of H-pyrrole nitrogens is 2. The maximum absolute atomic E-state index is 13.7. The number of carbonyl (C=O) groups excluding carboxylic acids is 2. The fraction of sp³-hybridized carbons (Fsp3) is 0. The maximum atomic E-state index is 13.7. The van der Waals surface area contributed by atoms with Crippen LogP contribution in [-0.2, 0) is 30.4 Å². The fourth-order valence-corrected chi connectivity index (χ4v) is 7.06. The molecule has 0 unspecified atom stereocenters. The number of halogens is 1. The number of nitrogens with one attached hydrogen (secondary N) is 3. The van der Waals surface area contributed by atoms with E-state index in [1.54, 1.807) is 0 Å². The second-order valence-corrected chi connectivity index (χ2v) is 15.1. The number of nitrogens with zero attached hydrogens (tertiary/aromatic N) is 3. The van der Waals surface area contributed by atoms with E-state index in [4.69, 9.17) is 17.3 Å². The Morgan fingerprint density at radius 1 is 0.736 bits per heavy atom. The molecule has 0 spiro atoms. The first-order chi connectivity index (χ1) is 23.8. The third kappa shape index (κ3) is 8.73. The molecule has 0 saturated carbocycles. The predicted octanol–water partition coefficient (Wildman–Crippen LogP) is 1.94. The Bertz CT molecular complexity index is 2850. The zero-order valence-electron chi connectivity index (χ0n) is 27.1. The van der Waals surface area contributed by atoms with E-state index in [0.29, 0.717) is 0 Å². The van der Waals surface area contributed by atoms with Gasteiger partial charge in [-0.25, -0.2) is 9.98 Å². The first kappa shape index (κ1) is 41.8. The quantitative estimate of drug-likeness (QED) is 0.0690. The van der Waals surface area contributed by atoms with E-state index in [1.807, 2.05) is 0 Å². The molecule has 4 aromatic carbocycles. The van der Waals surface area contributed by atoms with Crippen molar-refractivity contribution < 1.29 is 48.5 Å². The topological polar surface area (TPSA) is 304 Å². The van der Waals surface area contributed by atoms with Crippen molar-refractivity contribution >= 4 is 130 Å². The molecule has 1 aliphatic rings. The van der Waals surface area contributed by atoms with Crippen LogP contribution < -0.4 is 22.3 Å². The number of benzene rings is 4. The normalized spacial score (nSPS) is 13.4. The van der Waals surface area contributed by atoms with Gasteiger partial charge in [-0.15, -0.1) is 0 Å². The Labute approximate surface area is 338 Å². The molecule has 53 heavy (non-hydrogen) atoms. The second kappa shape index (κ2) is 15.4. The van der Waals surface area contributed by atoms with E-state index in [-0.39, 0.29) is 98.7 Å². The summed E-state index contributed by atoms with van der Waals surface area (Å²) < 4.78 is 101. The van der Waals surface area contributed by atoms with E-state index in [0.717, 1.165) is 36.4 Å². The third-order valence-electron chi connectivity index (χ3n) is 7.23. The van der Waals surface area contributed by atoms with Crippen LogP contribution in [0.5, 0.6) is 0 Å². The summed E-state index contributed by atoms with van der Waals surface area (Å²) in [4.78, 5) is 42.3. The number of hydrogen-bond donors (Lipinski definition) is 7. The fourth-order valence-electron chi connectivity index (χ4n) is 5.11. The molecule has 24 heteroatoms. The van der Waals surface area contributed by atoms with Gasteiger partial charge in [0.05, 0.1) is 38.8 Å². The summed E-state index contributed by atoms with van der Waals surface area (Å²) in [7, 11) is -14.6. The van der Waals surface area contributed by atoms with E-state index in [9.17, 15) is 48.5 Å². The first-order valence-corrected chi connectivity index (χ1v) is 18.5. The zero-order chi connectivity index (χ0) is 37.0. The van der Waals surface area contributed by atoms with Gasteiger partial charge >= 0.3 is 0 Å². The summed E-state index contributed by atoms with van der Waals surface area (Å²) in [5.74, 6) is -1.51. The molecule has 0 aliphatic heterocycles. The number of aromatic amines is 2. The third-order valence-corrected chi connectivity index (χ3v) is 10.1. The Morgan fingerprint density at radius 2 is 1.36 bits per heavy atom. The molecule has 0 saturated heterocycles. The van der Waals surface area contributed by atoms with Crippen LogP contribution in [0.1, 0.15) is 31.8 Å². The number of ketones is 2. The molecule has 2 radical (unpaired) electrons. The molecule has 1 aliphatic carbocycles. The van der Waals surface area contributed by atoms with E-state index < -0.39 is 73.5 Å². The summed E-state index contributed by atoms with van der Waals surface area (Å²) in [6.07, 6.45) is 0. The smallest absolute Gasteiger partial charge is 0.296 e. The molecule has 0 atom stereocenters. The van der Waals surface area contributed by atoms with Crippen LogP contribution in [0.2, 0.25) is 5.28 Å². The van der Waals surface area contributed by atoms with Crippen LogP contribution in [0.4, 0.5) is 28.4 Å². The number of aromatic nitrogens is 3. The Kier molecular flexibility index (Phi) is 12.2. The van der Waals surface area contributed by atoms with Crippen LogP contribution in [0.3, 0.4) is 0 Å². The van der Waals surface area contributed by atoms with Gasteiger partial charge in [-0.3, -0.25) is 28.2 Å². The van der Waals surface area contributed by atoms with E-state index in [2.05, 4.69) is 30.3 Å². The van der Waals surface area contributed by atoms with Crippen molar-refractivity contribution in [2.24, 2.45) is 9.98 Å². The summed E-state index contributed by atoms with van der Waals surface area (Å²) in [6.45, 7) is 0. The molecular formula is C29H20ClLiN7NaO11S3. The van der Waals surface area contributed by atoms with Gasteiger partial charge in [-0.05, 0) is 54.1 Å². The minimum Gasteiger partial charge on any atom is -0.397 e. The Hall–Kier alpha value is -3.95. The average molecular weight is 804 g/mol. The zero-order valence-corrected chi connectivity index (χ0v) is 32.3. The van der Waals surface area contributed by atoms with Crippen LogP contribution in [0, 0.1) is 0 Å². The van der Waals surface area contributed by atoms with Gasteiger partial charge in [0.2, 0.25) is 16.5 Å². The number of fused-ring (bicyclic) bond motifs is 2. The van der Waals surface area contributed by atoms with Crippen LogP contribution in [-0.4, -0.2) is 114 Å². The summed E-state index contributed by atoms with van der Waals surface area (Å²) >= 11 is 6.09. The Balaban J connectivity index is 0.00000314. The van der Waals surface area contributed by atoms with Crippen LogP contribution in [0.25, 0.3) is 0 Å². The molecule has 0 fully saturated rings. The van der Waals surface area contributed by atoms with Crippen LogP contribution >= 0.6 is 11.6 Å².